The zero-order valence-electron chi connectivity index (χ0n) is 8.32. The van der Waals surface area contributed by atoms with Gasteiger partial charge in [-0.25, -0.2) is 0 Å². The van der Waals surface area contributed by atoms with E-state index in [-0.39, 0.29) is 30.0 Å². The van der Waals surface area contributed by atoms with Crippen molar-refractivity contribution < 1.29 is 9.59 Å². The topological polar surface area (TPSA) is 37.4 Å². The zero-order valence-corrected chi connectivity index (χ0v) is 11.2. The third-order valence-corrected chi connectivity index (χ3v) is 3.60. The van der Waals surface area contributed by atoms with E-state index in [4.69, 9.17) is 11.6 Å². The van der Waals surface area contributed by atoms with Crippen molar-refractivity contribution in [3.63, 3.8) is 0 Å². The fourth-order valence-electron chi connectivity index (χ4n) is 1.68. The number of nitrogens with zero attached hydrogens (tertiary/aromatic N) is 1. The van der Waals surface area contributed by atoms with Crippen molar-refractivity contribution in [3.8, 4) is 0 Å². The molecule has 0 radical (unpaired) electrons. The Balaban J connectivity index is 2.31. The minimum Gasteiger partial charge on any atom is -0.274 e. The van der Waals surface area contributed by atoms with Crippen LogP contribution in [0, 0.1) is 9.49 Å². The lowest BCUT2D eigenvalue weighted by atomic mass is 10.1. The first-order chi connectivity index (χ1) is 7.63. The number of hydrogen-bond acceptors (Lipinski definition) is 2. The molecule has 0 aromatic heterocycles. The van der Waals surface area contributed by atoms with Crippen molar-refractivity contribution in [1.82, 2.24) is 0 Å². The first-order valence-electron chi connectivity index (χ1n) is 4.82. The molecule has 0 N–H and O–H groups in total. The van der Waals surface area contributed by atoms with Gasteiger partial charge in [-0.15, -0.1) is 11.6 Å². The Morgan fingerprint density at radius 3 is 2.44 bits per heavy atom. The molecule has 1 saturated heterocycles. The van der Waals surface area contributed by atoms with Gasteiger partial charge in [0.1, 0.15) is 0 Å². The number of rotatable bonds is 2. The number of amides is 2. The van der Waals surface area contributed by atoms with Crippen LogP contribution in [0.2, 0.25) is 0 Å². The number of carbonyl (C=O) groups is 2. The highest BCUT2D eigenvalue weighted by molar-refractivity contribution is 14.1. The maximum atomic E-state index is 11.9. The molecule has 3 nitrogen and oxygen atoms in total. The van der Waals surface area contributed by atoms with Gasteiger partial charge in [0.15, 0.2) is 0 Å². The summed E-state index contributed by atoms with van der Waals surface area (Å²) in [6, 6.07) is 7.28. The Bertz CT molecular complexity index is 432. The summed E-state index contributed by atoms with van der Waals surface area (Å²) in [6.07, 6.45) is 0.217. The Morgan fingerprint density at radius 2 is 1.94 bits per heavy atom. The van der Waals surface area contributed by atoms with Crippen LogP contribution in [0.5, 0.6) is 0 Å². The van der Waals surface area contributed by atoms with Gasteiger partial charge in [0.2, 0.25) is 11.8 Å². The first kappa shape index (κ1) is 11.9. The molecule has 16 heavy (non-hydrogen) atoms. The standard InChI is InChI=1S/C11H9ClINO2/c12-6-7-5-10(15)14(11(7)16)9-3-1-8(13)2-4-9/h1-4,7H,5-6H2. The van der Waals surface area contributed by atoms with Gasteiger partial charge in [-0.1, -0.05) is 0 Å². The van der Waals surface area contributed by atoms with Crippen molar-refractivity contribution >= 4 is 51.7 Å². The van der Waals surface area contributed by atoms with Crippen LogP contribution in [0.25, 0.3) is 0 Å². The monoisotopic (exact) mass is 349 g/mol. The lowest BCUT2D eigenvalue weighted by molar-refractivity contribution is -0.122. The Morgan fingerprint density at radius 1 is 1.31 bits per heavy atom. The number of halogens is 2. The molecule has 0 aliphatic carbocycles. The molecule has 1 aliphatic rings. The lowest BCUT2D eigenvalue weighted by Gasteiger charge is -2.14. The van der Waals surface area contributed by atoms with Crippen molar-refractivity contribution in [3.05, 3.63) is 27.8 Å². The van der Waals surface area contributed by atoms with Crippen molar-refractivity contribution in [1.29, 1.82) is 0 Å². The highest BCUT2D eigenvalue weighted by atomic mass is 127. The molecular weight excluding hydrogens is 340 g/mol. The molecule has 2 amide bonds. The second-order valence-corrected chi connectivity index (χ2v) is 5.15. The highest BCUT2D eigenvalue weighted by Gasteiger charge is 2.38. The Hall–Kier alpha value is -0.620. The molecule has 1 fully saturated rings. The number of benzene rings is 1. The molecule has 1 aliphatic heterocycles. The molecule has 84 valence electrons. The van der Waals surface area contributed by atoms with Crippen molar-refractivity contribution in [2.75, 3.05) is 10.8 Å². The van der Waals surface area contributed by atoms with E-state index in [1.807, 2.05) is 12.1 Å². The quantitative estimate of drug-likeness (QED) is 0.467. The predicted octanol–water partition coefficient (Wildman–Crippen LogP) is 2.41. The molecule has 1 aromatic carbocycles. The highest BCUT2D eigenvalue weighted by Crippen LogP contribution is 2.27. The van der Waals surface area contributed by atoms with Crippen LogP contribution in [0.3, 0.4) is 0 Å². The van der Waals surface area contributed by atoms with Crippen molar-refractivity contribution in [2.45, 2.75) is 6.42 Å². The molecule has 0 spiro atoms. The molecule has 1 heterocycles. The normalized spacial score (nSPS) is 20.6. The molecule has 0 bridgehead atoms. The summed E-state index contributed by atoms with van der Waals surface area (Å²) in [6.45, 7) is 0. The average Bonchev–Trinajstić information content (AvgIpc) is 2.56. The number of alkyl halides is 1. The molecule has 1 unspecified atom stereocenters. The van der Waals surface area contributed by atoms with E-state index in [1.165, 1.54) is 4.90 Å². The van der Waals surface area contributed by atoms with Gasteiger partial charge in [0.05, 0.1) is 11.6 Å². The van der Waals surface area contributed by atoms with Crippen LogP contribution in [0.1, 0.15) is 6.42 Å². The molecule has 0 saturated carbocycles. The third-order valence-electron chi connectivity index (χ3n) is 2.51. The summed E-state index contributed by atoms with van der Waals surface area (Å²) >= 11 is 7.82. The summed E-state index contributed by atoms with van der Waals surface area (Å²) < 4.78 is 1.06. The van der Waals surface area contributed by atoms with E-state index in [0.717, 1.165) is 3.57 Å². The van der Waals surface area contributed by atoms with Crippen LogP contribution < -0.4 is 4.90 Å². The predicted molar refractivity (Wildman–Crippen MR) is 70.5 cm³/mol. The summed E-state index contributed by atoms with van der Waals surface area (Å²) in [5, 5.41) is 0. The minimum atomic E-state index is -0.367. The van der Waals surface area contributed by atoms with Crippen LogP contribution in [-0.2, 0) is 9.59 Å². The maximum Gasteiger partial charge on any atom is 0.238 e. The smallest absolute Gasteiger partial charge is 0.238 e. The van der Waals surface area contributed by atoms with E-state index in [9.17, 15) is 9.59 Å². The van der Waals surface area contributed by atoms with Gasteiger partial charge < -0.3 is 0 Å². The third kappa shape index (κ3) is 2.08. The van der Waals surface area contributed by atoms with Crippen LogP contribution >= 0.6 is 34.2 Å². The van der Waals surface area contributed by atoms with Gasteiger partial charge in [-0.2, -0.15) is 0 Å². The molecule has 5 heteroatoms. The summed E-state index contributed by atoms with van der Waals surface area (Å²) in [5.41, 5.74) is 0.628. The second kappa shape index (κ2) is 4.71. The molecule has 1 atom stereocenters. The van der Waals surface area contributed by atoms with Crippen LogP contribution in [-0.4, -0.2) is 17.7 Å². The van der Waals surface area contributed by atoms with E-state index in [0.29, 0.717) is 5.69 Å². The number of carbonyl (C=O) groups excluding carboxylic acids is 2. The first-order valence-corrected chi connectivity index (χ1v) is 6.43. The van der Waals surface area contributed by atoms with Gasteiger partial charge in [0.25, 0.3) is 0 Å². The summed E-state index contributed by atoms with van der Waals surface area (Å²) in [7, 11) is 0. The number of imide groups is 1. The largest absolute Gasteiger partial charge is 0.274 e. The van der Waals surface area contributed by atoms with Crippen LogP contribution in [0.15, 0.2) is 24.3 Å². The molecular formula is C11H9ClINO2. The fraction of sp³-hybridized carbons (Fsp3) is 0.273. The van der Waals surface area contributed by atoms with E-state index >= 15 is 0 Å². The number of anilines is 1. The SMILES string of the molecule is O=C1CC(CCl)C(=O)N1c1ccc(I)cc1. The van der Waals surface area contributed by atoms with Gasteiger partial charge in [-0.05, 0) is 46.9 Å². The fourth-order valence-corrected chi connectivity index (χ4v) is 2.28. The molecule has 1 aromatic rings. The number of hydrogen-bond donors (Lipinski definition) is 0. The van der Waals surface area contributed by atoms with Gasteiger partial charge >= 0.3 is 0 Å². The Kier molecular flexibility index (Phi) is 3.49. The average molecular weight is 350 g/mol. The summed E-state index contributed by atoms with van der Waals surface area (Å²) in [4.78, 5) is 24.8. The Labute approximate surface area is 112 Å². The molecule has 2 rings (SSSR count). The lowest BCUT2D eigenvalue weighted by Crippen LogP contribution is -2.30. The minimum absolute atomic E-state index is 0.170. The maximum absolute atomic E-state index is 11.9. The van der Waals surface area contributed by atoms with Gasteiger partial charge in [-0.3, -0.25) is 14.5 Å². The zero-order chi connectivity index (χ0) is 11.7. The van der Waals surface area contributed by atoms with E-state index in [1.54, 1.807) is 12.1 Å². The second-order valence-electron chi connectivity index (χ2n) is 3.60. The van der Waals surface area contributed by atoms with Gasteiger partial charge in [0, 0.05) is 15.9 Å². The van der Waals surface area contributed by atoms with Crippen molar-refractivity contribution in [2.24, 2.45) is 5.92 Å². The van der Waals surface area contributed by atoms with E-state index in [2.05, 4.69) is 22.6 Å². The van der Waals surface area contributed by atoms with E-state index < -0.39 is 0 Å². The summed E-state index contributed by atoms with van der Waals surface area (Å²) in [5.74, 6) is -0.530. The van der Waals surface area contributed by atoms with Crippen LogP contribution in [0.4, 0.5) is 5.69 Å².